The van der Waals surface area contributed by atoms with Crippen LogP contribution >= 0.6 is 34.8 Å². The summed E-state index contributed by atoms with van der Waals surface area (Å²) in [6.07, 6.45) is 3.03. The van der Waals surface area contributed by atoms with E-state index in [0.717, 1.165) is 30.4 Å². The molecular weight excluding hydrogens is 449 g/mol. The van der Waals surface area contributed by atoms with Crippen molar-refractivity contribution in [3.63, 3.8) is 0 Å². The van der Waals surface area contributed by atoms with Crippen molar-refractivity contribution in [2.24, 2.45) is 0 Å². The number of halogens is 5. The van der Waals surface area contributed by atoms with Crippen molar-refractivity contribution in [3.05, 3.63) is 94.5 Å². The average molecular weight is 468 g/mol. The van der Waals surface area contributed by atoms with Crippen molar-refractivity contribution in [2.75, 3.05) is 0 Å². The van der Waals surface area contributed by atoms with Gasteiger partial charge in [-0.05, 0) is 85.3 Å². The molecule has 1 fully saturated rings. The molecule has 1 nitrogen and oxygen atoms in total. The molecule has 0 aromatic heterocycles. The fourth-order valence-electron chi connectivity index (χ4n) is 3.84. The summed E-state index contributed by atoms with van der Waals surface area (Å²) in [7, 11) is 0. The van der Waals surface area contributed by atoms with Gasteiger partial charge in [0.15, 0.2) is 11.6 Å². The van der Waals surface area contributed by atoms with Crippen molar-refractivity contribution in [2.45, 2.75) is 35.4 Å². The number of rotatable bonds is 7. The molecule has 0 amide bonds. The fraction of sp³-hybridized carbons (Fsp3) is 0.250. The number of aryl methyl sites for hydroxylation is 1. The largest absolute Gasteiger partial charge is 0.454 e. The molecule has 1 aliphatic rings. The Bertz CT molecular complexity index is 1040. The first-order chi connectivity index (χ1) is 14.3. The van der Waals surface area contributed by atoms with Crippen LogP contribution in [0.5, 0.6) is 11.5 Å². The van der Waals surface area contributed by atoms with Crippen LogP contribution in [0, 0.1) is 11.6 Å². The Morgan fingerprint density at radius 2 is 1.57 bits per heavy atom. The van der Waals surface area contributed by atoms with Gasteiger partial charge in [0.25, 0.3) is 0 Å². The molecule has 30 heavy (non-hydrogen) atoms. The molecule has 0 bridgehead atoms. The molecule has 156 valence electrons. The highest BCUT2D eigenvalue weighted by molar-refractivity contribution is 6.52. The third-order valence-corrected chi connectivity index (χ3v) is 6.84. The van der Waals surface area contributed by atoms with E-state index in [1.54, 1.807) is 12.1 Å². The fourth-order valence-corrected chi connectivity index (χ4v) is 4.83. The Balaban J connectivity index is 1.43. The minimum absolute atomic E-state index is 0.113. The predicted octanol–water partition coefficient (Wildman–Crippen LogP) is 8.25. The van der Waals surface area contributed by atoms with Crippen molar-refractivity contribution >= 4 is 34.8 Å². The minimum atomic E-state index is -0.791. The van der Waals surface area contributed by atoms with Crippen LogP contribution in [0.1, 0.15) is 30.4 Å². The predicted molar refractivity (Wildman–Crippen MR) is 118 cm³/mol. The van der Waals surface area contributed by atoms with E-state index in [9.17, 15) is 8.78 Å². The second-order valence-corrected chi connectivity index (χ2v) is 9.56. The lowest BCUT2D eigenvalue weighted by Gasteiger charge is -2.19. The van der Waals surface area contributed by atoms with Gasteiger partial charge in [0, 0.05) is 10.4 Å². The first-order valence-electron chi connectivity index (χ1n) is 9.65. The lowest BCUT2D eigenvalue weighted by molar-refractivity contribution is 0.440. The van der Waals surface area contributed by atoms with Gasteiger partial charge < -0.3 is 4.74 Å². The summed E-state index contributed by atoms with van der Waals surface area (Å²) in [6, 6.07) is 17.9. The zero-order valence-corrected chi connectivity index (χ0v) is 18.2. The van der Waals surface area contributed by atoms with E-state index < -0.39 is 10.2 Å². The minimum Gasteiger partial charge on any atom is -0.454 e. The SMILES string of the molecule is Fc1ccc(Oc2cc(CCCC3(c4ccc(Cl)cc4)CC3(Cl)Cl)ccc2F)cc1. The van der Waals surface area contributed by atoms with Gasteiger partial charge in [-0.25, -0.2) is 8.78 Å². The summed E-state index contributed by atoms with van der Waals surface area (Å²) in [5.41, 5.74) is 1.72. The summed E-state index contributed by atoms with van der Waals surface area (Å²) >= 11 is 19.0. The number of hydrogen-bond acceptors (Lipinski definition) is 1. The summed E-state index contributed by atoms with van der Waals surface area (Å²) < 4.78 is 32.0. The molecule has 4 rings (SSSR count). The highest BCUT2D eigenvalue weighted by atomic mass is 35.5. The molecule has 3 aromatic rings. The molecule has 0 aliphatic heterocycles. The van der Waals surface area contributed by atoms with E-state index in [4.69, 9.17) is 39.5 Å². The monoisotopic (exact) mass is 466 g/mol. The van der Waals surface area contributed by atoms with Crippen LogP contribution in [0.4, 0.5) is 8.78 Å². The highest BCUT2D eigenvalue weighted by Crippen LogP contribution is 2.67. The first-order valence-corrected chi connectivity index (χ1v) is 10.8. The molecule has 0 N–H and O–H groups in total. The van der Waals surface area contributed by atoms with Crippen LogP contribution < -0.4 is 4.74 Å². The lowest BCUT2D eigenvalue weighted by atomic mass is 9.89. The summed E-state index contributed by atoms with van der Waals surface area (Å²) in [6.45, 7) is 0. The van der Waals surface area contributed by atoms with Gasteiger partial charge in [0.1, 0.15) is 15.9 Å². The molecule has 0 radical (unpaired) electrons. The normalized spacial score (nSPS) is 19.5. The maximum Gasteiger partial charge on any atom is 0.165 e. The van der Waals surface area contributed by atoms with Gasteiger partial charge in [-0.15, -0.1) is 23.2 Å². The van der Waals surface area contributed by atoms with Gasteiger partial charge >= 0.3 is 0 Å². The standard InChI is InChI=1S/C24H19Cl3F2O/c25-18-6-4-17(5-7-18)23(15-24(23,26)27)13-1-2-16-3-12-21(29)22(14-16)30-20-10-8-19(28)9-11-20/h3-12,14H,1-2,13,15H2. The Hall–Kier alpha value is -1.81. The van der Waals surface area contributed by atoms with Gasteiger partial charge in [-0.1, -0.05) is 29.8 Å². The second-order valence-electron chi connectivity index (χ2n) is 7.64. The van der Waals surface area contributed by atoms with Crippen LogP contribution in [0.2, 0.25) is 5.02 Å². The van der Waals surface area contributed by atoms with Crippen molar-refractivity contribution in [3.8, 4) is 11.5 Å². The number of ether oxygens (including phenoxy) is 1. The molecule has 0 heterocycles. The molecule has 0 saturated heterocycles. The van der Waals surface area contributed by atoms with Gasteiger partial charge in [0.05, 0.1) is 0 Å². The molecule has 1 aliphatic carbocycles. The maximum atomic E-state index is 14.2. The number of alkyl halides is 2. The Kier molecular flexibility index (Phi) is 5.98. The highest BCUT2D eigenvalue weighted by Gasteiger charge is 2.66. The van der Waals surface area contributed by atoms with Gasteiger partial charge in [0.2, 0.25) is 0 Å². The van der Waals surface area contributed by atoms with Crippen molar-refractivity contribution in [1.82, 2.24) is 0 Å². The number of benzene rings is 3. The maximum absolute atomic E-state index is 14.2. The average Bonchev–Trinajstić information content (AvgIpc) is 3.28. The zero-order valence-electron chi connectivity index (χ0n) is 16.0. The Labute approximate surface area is 189 Å². The van der Waals surface area contributed by atoms with Crippen LogP contribution in [0.15, 0.2) is 66.7 Å². The summed E-state index contributed by atoms with van der Waals surface area (Å²) in [4.78, 5) is 0. The van der Waals surface area contributed by atoms with Gasteiger partial charge in [-0.3, -0.25) is 0 Å². The zero-order chi connectivity index (χ0) is 21.4. The lowest BCUT2D eigenvalue weighted by Crippen LogP contribution is -2.15. The van der Waals surface area contributed by atoms with Crippen molar-refractivity contribution in [1.29, 1.82) is 0 Å². The van der Waals surface area contributed by atoms with E-state index in [-0.39, 0.29) is 17.0 Å². The van der Waals surface area contributed by atoms with E-state index in [1.807, 2.05) is 24.3 Å². The molecular formula is C24H19Cl3F2O. The molecule has 1 saturated carbocycles. The topological polar surface area (TPSA) is 9.23 Å². The quantitative estimate of drug-likeness (QED) is 0.318. The van der Waals surface area contributed by atoms with E-state index in [0.29, 0.717) is 17.2 Å². The van der Waals surface area contributed by atoms with Crippen LogP contribution in [-0.4, -0.2) is 4.33 Å². The van der Waals surface area contributed by atoms with E-state index in [2.05, 4.69) is 0 Å². The molecule has 3 aromatic carbocycles. The second kappa shape index (κ2) is 8.37. The molecule has 1 atom stereocenters. The summed E-state index contributed by atoms with van der Waals surface area (Å²) in [5, 5.41) is 0.671. The molecule has 0 spiro atoms. The number of hydrogen-bond donors (Lipinski definition) is 0. The summed E-state index contributed by atoms with van der Waals surface area (Å²) in [5.74, 6) is -0.354. The first kappa shape index (κ1) is 21.4. The van der Waals surface area contributed by atoms with Crippen LogP contribution in [0.25, 0.3) is 0 Å². The van der Waals surface area contributed by atoms with Crippen LogP contribution in [0.3, 0.4) is 0 Å². The Morgan fingerprint density at radius 3 is 2.20 bits per heavy atom. The van der Waals surface area contributed by atoms with E-state index in [1.165, 1.54) is 30.3 Å². The third kappa shape index (κ3) is 4.44. The van der Waals surface area contributed by atoms with E-state index >= 15 is 0 Å². The van der Waals surface area contributed by atoms with Crippen LogP contribution in [-0.2, 0) is 11.8 Å². The Morgan fingerprint density at radius 1 is 0.900 bits per heavy atom. The molecule has 6 heteroatoms. The molecule has 1 unspecified atom stereocenters. The smallest absolute Gasteiger partial charge is 0.165 e. The van der Waals surface area contributed by atoms with Gasteiger partial charge in [-0.2, -0.15) is 0 Å². The third-order valence-electron chi connectivity index (χ3n) is 5.60. The van der Waals surface area contributed by atoms with Crippen molar-refractivity contribution < 1.29 is 13.5 Å².